The Labute approximate surface area is 78.8 Å². The number of rotatable bonds is 4. The van der Waals surface area contributed by atoms with Gasteiger partial charge in [0, 0.05) is 6.42 Å². The molecule has 0 N–H and O–H groups in total. The van der Waals surface area contributed by atoms with E-state index in [0.717, 1.165) is 6.42 Å². The zero-order chi connectivity index (χ0) is 6.41. The number of carbonyl (C=O) groups excluding carboxylic acids is 2. The Balaban J connectivity index is -0.000000245. The molecular weight excluding hydrogens is 127 g/mol. The van der Waals surface area contributed by atoms with Crippen molar-refractivity contribution in [1.82, 2.24) is 0 Å². The fourth-order valence-corrected chi connectivity index (χ4v) is 0.474. The van der Waals surface area contributed by atoms with E-state index in [1.54, 1.807) is 0 Å². The number of aldehydes is 1. The molecule has 0 aromatic heterocycles. The molecule has 0 aromatic carbocycles. The van der Waals surface area contributed by atoms with Crippen LogP contribution < -0.4 is 29.6 Å². The fourth-order valence-electron chi connectivity index (χ4n) is 0.474. The topological polar surface area (TPSA) is 34.1 Å². The zero-order valence-electron chi connectivity index (χ0n) is 7.02. The molecule has 0 atom stereocenters. The van der Waals surface area contributed by atoms with Gasteiger partial charge in [0.2, 0.25) is 0 Å². The number of Topliss-reactive ketones (excluding diaryl/α,β-unsaturated/α-hetero) is 1. The van der Waals surface area contributed by atoms with Gasteiger partial charge in [0.15, 0.2) is 0 Å². The molecule has 0 aromatic rings. The first kappa shape index (κ1) is 12.1. The predicted octanol–water partition coefficient (Wildman–Crippen LogP) is -1.94. The Hall–Kier alpha value is 0.340. The number of hydrogen-bond donors (Lipinski definition) is 0. The molecule has 0 rings (SSSR count). The summed E-state index contributed by atoms with van der Waals surface area (Å²) in [5, 5.41) is 0. The molecule has 0 spiro atoms. The molecule has 0 aliphatic rings. The Morgan fingerprint density at radius 1 is 1.67 bits per heavy atom. The molecule has 0 bridgehead atoms. The van der Waals surface area contributed by atoms with Crippen molar-refractivity contribution in [3.8, 4) is 0 Å². The molecule has 0 fully saturated rings. The van der Waals surface area contributed by atoms with Crippen molar-refractivity contribution in [2.45, 2.75) is 26.2 Å². The van der Waals surface area contributed by atoms with Gasteiger partial charge in [0.25, 0.3) is 0 Å². The van der Waals surface area contributed by atoms with E-state index in [2.05, 4.69) is 0 Å². The Bertz CT molecular complexity index is 95.7. The van der Waals surface area contributed by atoms with Gasteiger partial charge in [0.1, 0.15) is 12.1 Å². The van der Waals surface area contributed by atoms with Crippen LogP contribution in [0.4, 0.5) is 0 Å². The molecule has 0 saturated carbocycles. The minimum Gasteiger partial charge on any atom is -1.00 e. The first-order chi connectivity index (χ1) is 3.81. The maximum absolute atomic E-state index is 10.4. The van der Waals surface area contributed by atoms with E-state index in [1.165, 1.54) is 0 Å². The van der Waals surface area contributed by atoms with Crippen LogP contribution in [-0.4, -0.2) is 12.1 Å². The van der Waals surface area contributed by atoms with Crippen molar-refractivity contribution in [3.05, 3.63) is 0 Å². The SMILES string of the molecule is CCCC(=O)CC=O.[H-].[Na+]. The van der Waals surface area contributed by atoms with E-state index in [0.29, 0.717) is 12.7 Å². The standard InChI is InChI=1S/C6H10O2.Na.H/c1-2-3-6(8)4-5-7;;/h5H,2-4H2,1H3;;/q;+1;-1. The molecule has 48 valence electrons. The largest absolute Gasteiger partial charge is 1.00 e. The van der Waals surface area contributed by atoms with Crippen molar-refractivity contribution in [2.24, 2.45) is 0 Å². The average Bonchev–Trinajstić information content (AvgIpc) is 1.68. The quantitative estimate of drug-likeness (QED) is 0.257. The first-order valence-electron chi connectivity index (χ1n) is 2.76. The van der Waals surface area contributed by atoms with Crippen LogP contribution in [0.3, 0.4) is 0 Å². The zero-order valence-corrected chi connectivity index (χ0v) is 8.02. The van der Waals surface area contributed by atoms with Crippen LogP contribution in [0.25, 0.3) is 0 Å². The van der Waals surface area contributed by atoms with Gasteiger partial charge in [-0.2, -0.15) is 0 Å². The summed E-state index contributed by atoms with van der Waals surface area (Å²) < 4.78 is 0. The smallest absolute Gasteiger partial charge is 1.00 e. The molecule has 0 unspecified atom stereocenters. The Kier molecular flexibility index (Phi) is 11.2. The summed E-state index contributed by atoms with van der Waals surface area (Å²) >= 11 is 0. The van der Waals surface area contributed by atoms with Gasteiger partial charge in [-0.15, -0.1) is 0 Å². The molecule has 0 aliphatic heterocycles. The van der Waals surface area contributed by atoms with E-state index < -0.39 is 0 Å². The molecule has 0 radical (unpaired) electrons. The van der Waals surface area contributed by atoms with E-state index >= 15 is 0 Å². The fraction of sp³-hybridized carbons (Fsp3) is 0.667. The van der Waals surface area contributed by atoms with Crippen molar-refractivity contribution >= 4 is 12.1 Å². The Morgan fingerprint density at radius 3 is 2.56 bits per heavy atom. The maximum Gasteiger partial charge on any atom is 1.00 e. The molecule has 9 heavy (non-hydrogen) atoms. The summed E-state index contributed by atoms with van der Waals surface area (Å²) in [5.41, 5.74) is 0. The second kappa shape index (κ2) is 8.34. The van der Waals surface area contributed by atoms with Crippen molar-refractivity contribution in [3.63, 3.8) is 0 Å². The number of hydrogen-bond acceptors (Lipinski definition) is 2. The van der Waals surface area contributed by atoms with Gasteiger partial charge in [-0.1, -0.05) is 6.92 Å². The summed E-state index contributed by atoms with van der Waals surface area (Å²) in [6.07, 6.45) is 2.12. The van der Waals surface area contributed by atoms with Crippen LogP contribution in [-0.2, 0) is 9.59 Å². The van der Waals surface area contributed by atoms with Gasteiger partial charge in [-0.3, -0.25) is 4.79 Å². The van der Waals surface area contributed by atoms with Crippen LogP contribution >= 0.6 is 0 Å². The second-order valence-corrected chi connectivity index (χ2v) is 1.66. The minimum atomic E-state index is 0. The number of ketones is 1. The van der Waals surface area contributed by atoms with Crippen LogP contribution in [0.2, 0.25) is 0 Å². The third-order valence-electron chi connectivity index (χ3n) is 0.840. The van der Waals surface area contributed by atoms with Crippen LogP contribution in [0.15, 0.2) is 0 Å². The van der Waals surface area contributed by atoms with Gasteiger partial charge >= 0.3 is 29.6 Å². The summed E-state index contributed by atoms with van der Waals surface area (Å²) in [5.74, 6) is 0.0440. The normalized spacial score (nSPS) is 7.67. The van der Waals surface area contributed by atoms with Gasteiger partial charge in [0.05, 0.1) is 6.42 Å². The third kappa shape index (κ3) is 8.34. The van der Waals surface area contributed by atoms with E-state index in [-0.39, 0.29) is 43.2 Å². The summed E-state index contributed by atoms with van der Waals surface area (Å²) in [6, 6.07) is 0. The molecule has 2 nitrogen and oxygen atoms in total. The van der Waals surface area contributed by atoms with Gasteiger partial charge in [-0.25, -0.2) is 0 Å². The minimum absolute atomic E-state index is 0. The van der Waals surface area contributed by atoms with Crippen molar-refractivity contribution in [2.75, 3.05) is 0 Å². The molecule has 0 heterocycles. The number of carbonyl (C=O) groups is 2. The molecular formula is C6H11NaO2. The molecule has 0 amide bonds. The first-order valence-corrected chi connectivity index (χ1v) is 2.76. The van der Waals surface area contributed by atoms with Crippen molar-refractivity contribution < 1.29 is 40.6 Å². The molecule has 0 aliphatic carbocycles. The maximum atomic E-state index is 10.4. The monoisotopic (exact) mass is 138 g/mol. The predicted molar refractivity (Wildman–Crippen MR) is 31.7 cm³/mol. The van der Waals surface area contributed by atoms with Crippen LogP contribution in [0.1, 0.15) is 27.6 Å². The second-order valence-electron chi connectivity index (χ2n) is 1.66. The molecule has 0 saturated heterocycles. The van der Waals surface area contributed by atoms with E-state index in [9.17, 15) is 9.59 Å². The van der Waals surface area contributed by atoms with Crippen molar-refractivity contribution in [1.29, 1.82) is 0 Å². The summed E-state index contributed by atoms with van der Waals surface area (Å²) in [6.45, 7) is 1.92. The van der Waals surface area contributed by atoms with Gasteiger partial charge < -0.3 is 6.22 Å². The average molecular weight is 138 g/mol. The Morgan fingerprint density at radius 2 is 2.22 bits per heavy atom. The van der Waals surface area contributed by atoms with Gasteiger partial charge in [-0.05, 0) is 6.42 Å². The van der Waals surface area contributed by atoms with E-state index in [4.69, 9.17) is 0 Å². The molecule has 3 heteroatoms. The van der Waals surface area contributed by atoms with Crippen LogP contribution in [0.5, 0.6) is 0 Å². The van der Waals surface area contributed by atoms with E-state index in [1.807, 2.05) is 6.92 Å². The summed E-state index contributed by atoms with van der Waals surface area (Å²) in [7, 11) is 0. The summed E-state index contributed by atoms with van der Waals surface area (Å²) in [4.78, 5) is 20.1. The third-order valence-corrected chi connectivity index (χ3v) is 0.840. The van der Waals surface area contributed by atoms with Crippen LogP contribution in [0, 0.1) is 0 Å².